The third-order valence-corrected chi connectivity index (χ3v) is 4.12. The van der Waals surface area contributed by atoms with Gasteiger partial charge in [0.1, 0.15) is 5.69 Å². The van der Waals surface area contributed by atoms with Crippen molar-refractivity contribution in [2.45, 2.75) is 25.3 Å². The first-order valence-corrected chi connectivity index (χ1v) is 8.48. The summed E-state index contributed by atoms with van der Waals surface area (Å²) >= 11 is 0. The number of benzene rings is 2. The van der Waals surface area contributed by atoms with E-state index >= 15 is 0 Å². The normalized spacial score (nSPS) is 13.4. The maximum atomic E-state index is 12.2. The van der Waals surface area contributed by atoms with Crippen molar-refractivity contribution >= 4 is 34.3 Å². The van der Waals surface area contributed by atoms with E-state index in [9.17, 15) is 9.59 Å². The first-order chi connectivity index (χ1) is 12.7. The molecule has 0 aliphatic heterocycles. The van der Waals surface area contributed by atoms with Crippen LogP contribution in [0.1, 0.15) is 18.5 Å². The number of hydrogen-bond acceptors (Lipinski definition) is 4. The monoisotopic (exact) mass is 350 g/mol. The molecule has 7 nitrogen and oxygen atoms in total. The molecule has 3 amide bonds. The van der Waals surface area contributed by atoms with E-state index in [1.807, 2.05) is 24.3 Å². The average molecular weight is 350 g/mol. The summed E-state index contributed by atoms with van der Waals surface area (Å²) in [7, 11) is 0. The average Bonchev–Trinajstić information content (AvgIpc) is 3.35. The van der Waals surface area contributed by atoms with Crippen LogP contribution in [0, 0.1) is 0 Å². The topological polar surface area (TPSA) is 96.3 Å². The standard InChI is InChI=1S/C19H18N4O3/c24-18(11-16-15-3-1-2-4-17(15)26-23-16)20-12-5-7-13(8-6-12)21-19(25)22-14-9-10-14/h1-8,14H,9-11H2,(H,20,24)(H2,21,22,25). The summed E-state index contributed by atoms with van der Waals surface area (Å²) in [6.07, 6.45) is 2.21. The quantitative estimate of drug-likeness (QED) is 0.658. The Morgan fingerprint density at radius 2 is 1.69 bits per heavy atom. The van der Waals surface area contributed by atoms with E-state index in [-0.39, 0.29) is 18.4 Å². The molecule has 4 rings (SSSR count). The maximum Gasteiger partial charge on any atom is 0.319 e. The lowest BCUT2D eigenvalue weighted by atomic mass is 10.1. The number of rotatable bonds is 5. The smallest absolute Gasteiger partial charge is 0.319 e. The minimum atomic E-state index is -0.206. The van der Waals surface area contributed by atoms with Crippen molar-refractivity contribution in [1.29, 1.82) is 0 Å². The Bertz CT molecular complexity index is 945. The van der Waals surface area contributed by atoms with Gasteiger partial charge in [0.2, 0.25) is 5.91 Å². The first-order valence-electron chi connectivity index (χ1n) is 8.48. The summed E-state index contributed by atoms with van der Waals surface area (Å²) < 4.78 is 5.21. The summed E-state index contributed by atoms with van der Waals surface area (Å²) in [5.74, 6) is -0.184. The molecule has 1 aliphatic carbocycles. The minimum Gasteiger partial charge on any atom is -0.356 e. The second kappa shape index (κ2) is 6.87. The van der Waals surface area contributed by atoms with Gasteiger partial charge in [-0.3, -0.25) is 4.79 Å². The highest BCUT2D eigenvalue weighted by atomic mass is 16.5. The van der Waals surface area contributed by atoms with E-state index in [1.54, 1.807) is 24.3 Å². The molecular weight excluding hydrogens is 332 g/mol. The largest absolute Gasteiger partial charge is 0.356 e. The number of aromatic nitrogens is 1. The Hall–Kier alpha value is -3.35. The fraction of sp³-hybridized carbons (Fsp3) is 0.211. The molecule has 0 bridgehead atoms. The van der Waals surface area contributed by atoms with Gasteiger partial charge in [-0.2, -0.15) is 0 Å². The first kappa shape index (κ1) is 16.1. The number of carbonyl (C=O) groups is 2. The number of amides is 3. The molecule has 1 aromatic heterocycles. The molecule has 7 heteroatoms. The zero-order valence-electron chi connectivity index (χ0n) is 14.0. The molecular formula is C19H18N4O3. The predicted molar refractivity (Wildman–Crippen MR) is 98.0 cm³/mol. The highest BCUT2D eigenvalue weighted by Crippen LogP contribution is 2.20. The summed E-state index contributed by atoms with van der Waals surface area (Å²) in [6.45, 7) is 0. The molecule has 0 spiro atoms. The van der Waals surface area contributed by atoms with Gasteiger partial charge in [-0.15, -0.1) is 0 Å². The highest BCUT2D eigenvalue weighted by molar-refractivity contribution is 5.95. The van der Waals surface area contributed by atoms with Crippen molar-refractivity contribution in [2.24, 2.45) is 0 Å². The molecule has 1 fully saturated rings. The molecule has 1 aliphatic rings. The van der Waals surface area contributed by atoms with E-state index in [0.29, 0.717) is 28.7 Å². The summed E-state index contributed by atoms with van der Waals surface area (Å²) in [5.41, 5.74) is 2.59. The van der Waals surface area contributed by atoms with Crippen LogP contribution in [0.25, 0.3) is 11.0 Å². The number of anilines is 2. The molecule has 0 saturated heterocycles. The van der Waals surface area contributed by atoms with E-state index in [1.165, 1.54) is 0 Å². The van der Waals surface area contributed by atoms with Gasteiger partial charge in [-0.25, -0.2) is 4.79 Å². The van der Waals surface area contributed by atoms with Crippen LogP contribution in [-0.2, 0) is 11.2 Å². The Morgan fingerprint density at radius 1 is 1.00 bits per heavy atom. The van der Waals surface area contributed by atoms with E-state index in [2.05, 4.69) is 21.1 Å². The summed E-state index contributed by atoms with van der Waals surface area (Å²) in [5, 5.41) is 13.2. The van der Waals surface area contributed by atoms with Gasteiger partial charge in [-0.1, -0.05) is 17.3 Å². The number of fused-ring (bicyclic) bond motifs is 1. The summed E-state index contributed by atoms with van der Waals surface area (Å²) in [4.78, 5) is 23.9. The number of para-hydroxylation sites is 1. The van der Waals surface area contributed by atoms with Crippen LogP contribution in [0.2, 0.25) is 0 Å². The second-order valence-corrected chi connectivity index (χ2v) is 6.30. The van der Waals surface area contributed by atoms with Crippen molar-refractivity contribution in [1.82, 2.24) is 10.5 Å². The van der Waals surface area contributed by atoms with Crippen LogP contribution in [-0.4, -0.2) is 23.1 Å². The maximum absolute atomic E-state index is 12.2. The van der Waals surface area contributed by atoms with Gasteiger partial charge in [0.15, 0.2) is 5.58 Å². The third kappa shape index (κ3) is 3.83. The van der Waals surface area contributed by atoms with Gasteiger partial charge in [-0.05, 0) is 49.2 Å². The molecule has 26 heavy (non-hydrogen) atoms. The Kier molecular flexibility index (Phi) is 4.27. The van der Waals surface area contributed by atoms with Crippen molar-refractivity contribution in [3.8, 4) is 0 Å². The number of hydrogen-bond donors (Lipinski definition) is 3. The lowest BCUT2D eigenvalue weighted by molar-refractivity contribution is -0.115. The van der Waals surface area contributed by atoms with Gasteiger partial charge < -0.3 is 20.5 Å². The van der Waals surface area contributed by atoms with Crippen LogP contribution in [0.5, 0.6) is 0 Å². The summed E-state index contributed by atoms with van der Waals surface area (Å²) in [6, 6.07) is 14.5. The van der Waals surface area contributed by atoms with Gasteiger partial charge in [0.05, 0.1) is 6.42 Å². The predicted octanol–water partition coefficient (Wildman–Crippen LogP) is 3.29. The highest BCUT2D eigenvalue weighted by Gasteiger charge is 2.23. The molecule has 1 heterocycles. The number of nitrogens with one attached hydrogen (secondary N) is 3. The lowest BCUT2D eigenvalue weighted by Gasteiger charge is -2.08. The SMILES string of the molecule is O=C(Cc1noc2ccccc12)Nc1ccc(NC(=O)NC2CC2)cc1. The third-order valence-electron chi connectivity index (χ3n) is 4.12. The van der Waals surface area contributed by atoms with Crippen molar-refractivity contribution in [2.75, 3.05) is 10.6 Å². The van der Waals surface area contributed by atoms with E-state index < -0.39 is 0 Å². The number of urea groups is 1. The second-order valence-electron chi connectivity index (χ2n) is 6.30. The molecule has 3 aromatic rings. The van der Waals surface area contributed by atoms with Gasteiger partial charge >= 0.3 is 6.03 Å². The van der Waals surface area contributed by atoms with E-state index in [4.69, 9.17) is 4.52 Å². The van der Waals surface area contributed by atoms with Gasteiger partial charge in [0, 0.05) is 22.8 Å². The van der Waals surface area contributed by atoms with Crippen LogP contribution in [0.3, 0.4) is 0 Å². The molecule has 0 unspecified atom stereocenters. The molecule has 3 N–H and O–H groups in total. The number of carbonyl (C=O) groups excluding carboxylic acids is 2. The van der Waals surface area contributed by atoms with Crippen molar-refractivity contribution in [3.05, 3.63) is 54.2 Å². The molecule has 0 atom stereocenters. The number of nitrogens with zero attached hydrogens (tertiary/aromatic N) is 1. The fourth-order valence-corrected chi connectivity index (χ4v) is 2.64. The van der Waals surface area contributed by atoms with Crippen LogP contribution >= 0.6 is 0 Å². The van der Waals surface area contributed by atoms with Crippen molar-refractivity contribution < 1.29 is 14.1 Å². The molecule has 0 radical (unpaired) electrons. The zero-order valence-corrected chi connectivity index (χ0v) is 14.0. The Labute approximate surface area is 149 Å². The van der Waals surface area contributed by atoms with Gasteiger partial charge in [0.25, 0.3) is 0 Å². The van der Waals surface area contributed by atoms with Crippen LogP contribution in [0.4, 0.5) is 16.2 Å². The zero-order chi connectivity index (χ0) is 17.9. The minimum absolute atomic E-state index is 0.126. The fourth-order valence-electron chi connectivity index (χ4n) is 2.64. The van der Waals surface area contributed by atoms with Crippen LogP contribution in [0.15, 0.2) is 53.1 Å². The molecule has 2 aromatic carbocycles. The molecule has 1 saturated carbocycles. The molecule has 132 valence electrons. The van der Waals surface area contributed by atoms with Crippen LogP contribution < -0.4 is 16.0 Å². The Balaban J connectivity index is 1.34. The van der Waals surface area contributed by atoms with E-state index in [0.717, 1.165) is 18.2 Å². The Morgan fingerprint density at radius 3 is 2.42 bits per heavy atom. The lowest BCUT2D eigenvalue weighted by Crippen LogP contribution is -2.30. The van der Waals surface area contributed by atoms with Crippen molar-refractivity contribution in [3.63, 3.8) is 0 Å².